The summed E-state index contributed by atoms with van der Waals surface area (Å²) in [7, 11) is 0. The lowest BCUT2D eigenvalue weighted by atomic mass is 9.70. The molecule has 0 aliphatic heterocycles. The van der Waals surface area contributed by atoms with Gasteiger partial charge in [-0.15, -0.1) is 0 Å². The zero-order valence-electron chi connectivity index (χ0n) is 27.4. The van der Waals surface area contributed by atoms with Crippen LogP contribution in [0.4, 0.5) is 5.69 Å². The van der Waals surface area contributed by atoms with E-state index in [0.29, 0.717) is 5.82 Å². The van der Waals surface area contributed by atoms with Crippen LogP contribution >= 0.6 is 0 Å². The van der Waals surface area contributed by atoms with Crippen LogP contribution < -0.4 is 10.6 Å². The van der Waals surface area contributed by atoms with Crippen molar-refractivity contribution in [3.05, 3.63) is 84.2 Å². The molecule has 1 fully saturated rings. The van der Waals surface area contributed by atoms with Crippen LogP contribution in [0.25, 0.3) is 17.0 Å². The molecule has 1 heterocycles. The number of aromatic nitrogens is 2. The van der Waals surface area contributed by atoms with Crippen molar-refractivity contribution in [2.75, 3.05) is 25.0 Å². The number of nitrogens with zero attached hydrogens (tertiary/aromatic N) is 3. The monoisotopic (exact) mass is 637 g/mol. The second-order valence-corrected chi connectivity index (χ2v) is 13.0. The van der Waals surface area contributed by atoms with E-state index in [4.69, 9.17) is 0 Å². The van der Waals surface area contributed by atoms with E-state index in [1.165, 1.54) is 55.4 Å². The highest BCUT2D eigenvalue weighted by Crippen LogP contribution is 2.42. The summed E-state index contributed by atoms with van der Waals surface area (Å²) >= 11 is 0. The van der Waals surface area contributed by atoms with Gasteiger partial charge in [0.2, 0.25) is 11.8 Å². The second kappa shape index (κ2) is 16.9. The number of carbonyl (C=O) groups is 3. The fraction of sp³-hybridized carbons (Fsp3) is 0.447. The molecule has 9 nitrogen and oxygen atoms in total. The number of aliphatic carboxylic acids is 1. The minimum absolute atomic E-state index is 0.00120. The van der Waals surface area contributed by atoms with Crippen LogP contribution in [0.2, 0.25) is 0 Å². The third kappa shape index (κ3) is 9.98. The lowest BCUT2D eigenvalue weighted by molar-refractivity contribution is -0.144. The van der Waals surface area contributed by atoms with Crippen molar-refractivity contribution in [2.24, 2.45) is 17.8 Å². The fourth-order valence-corrected chi connectivity index (χ4v) is 7.01. The molecule has 0 spiro atoms. The van der Waals surface area contributed by atoms with Crippen molar-refractivity contribution in [1.29, 1.82) is 0 Å². The van der Waals surface area contributed by atoms with Gasteiger partial charge in [-0.1, -0.05) is 81.1 Å². The minimum atomic E-state index is -1.13. The molecule has 3 N–H and O–H groups in total. The molecule has 2 aliphatic rings. The molecular weight excluding hydrogens is 590 g/mol. The predicted octanol–water partition coefficient (Wildman–Crippen LogP) is 6.58. The van der Waals surface area contributed by atoms with Crippen molar-refractivity contribution in [3.8, 4) is 11.4 Å². The predicted molar refractivity (Wildman–Crippen MR) is 184 cm³/mol. The number of rotatable bonds is 14. The summed E-state index contributed by atoms with van der Waals surface area (Å²) in [6, 6.07) is 16.7. The highest BCUT2D eigenvalue weighted by atomic mass is 16.4. The fourth-order valence-electron chi connectivity index (χ4n) is 7.01. The SMILES string of the molecule is CCCC1CCC(C2CC=C(c3cnc(-c4ccc(CN(CC(=O)O)C(=O)CNC(=O)CNc5ccccc5)cc4)nc3)CC2)CC1. The Hall–Kier alpha value is -4.53. The number of hydrogen-bond donors (Lipinski definition) is 3. The van der Waals surface area contributed by atoms with Gasteiger partial charge >= 0.3 is 5.97 Å². The van der Waals surface area contributed by atoms with Gasteiger partial charge in [-0.25, -0.2) is 9.97 Å². The zero-order valence-corrected chi connectivity index (χ0v) is 27.4. The highest BCUT2D eigenvalue weighted by molar-refractivity contribution is 5.88. The first-order chi connectivity index (χ1) is 22.9. The van der Waals surface area contributed by atoms with Crippen LogP contribution in [0.3, 0.4) is 0 Å². The summed E-state index contributed by atoms with van der Waals surface area (Å²) < 4.78 is 0. The number of hydrogen-bond acceptors (Lipinski definition) is 6. The van der Waals surface area contributed by atoms with E-state index < -0.39 is 18.4 Å². The quantitative estimate of drug-likeness (QED) is 0.183. The van der Waals surface area contributed by atoms with Crippen LogP contribution in [0.5, 0.6) is 0 Å². The van der Waals surface area contributed by atoms with Gasteiger partial charge in [0.25, 0.3) is 0 Å². The van der Waals surface area contributed by atoms with Gasteiger partial charge in [0, 0.05) is 35.8 Å². The van der Waals surface area contributed by atoms with E-state index in [1.807, 2.05) is 67.0 Å². The Morgan fingerprint density at radius 3 is 2.23 bits per heavy atom. The molecule has 1 atom stereocenters. The largest absolute Gasteiger partial charge is 0.480 e. The number of allylic oxidation sites excluding steroid dienone is 2. The van der Waals surface area contributed by atoms with Crippen molar-refractivity contribution in [1.82, 2.24) is 20.2 Å². The smallest absolute Gasteiger partial charge is 0.323 e. The number of amides is 2. The standard InChI is InChI=1S/C38H47N5O4/c1-2-6-27-9-13-29(14-10-27)30-17-19-31(20-18-30)33-21-41-38(42-22-33)32-15-11-28(12-16-32)25-43(26-37(46)47)36(45)24-40-35(44)23-39-34-7-4-3-5-8-34/h3-5,7-8,11-12,15-16,19,21-22,27,29-30,39H,2,6,9-10,13-14,17-18,20,23-26H2,1H3,(H,40,44)(H,46,47). The Bertz CT molecular complexity index is 1500. The molecule has 2 aliphatic carbocycles. The molecule has 5 rings (SSSR count). The molecule has 47 heavy (non-hydrogen) atoms. The topological polar surface area (TPSA) is 125 Å². The third-order valence-electron chi connectivity index (χ3n) is 9.66. The molecule has 0 radical (unpaired) electrons. The zero-order chi connectivity index (χ0) is 33.0. The lowest BCUT2D eigenvalue weighted by Crippen LogP contribution is -2.43. The highest BCUT2D eigenvalue weighted by Gasteiger charge is 2.28. The van der Waals surface area contributed by atoms with Crippen LogP contribution in [-0.4, -0.2) is 57.4 Å². The van der Waals surface area contributed by atoms with Crippen molar-refractivity contribution in [3.63, 3.8) is 0 Å². The van der Waals surface area contributed by atoms with Gasteiger partial charge in [-0.2, -0.15) is 0 Å². The van der Waals surface area contributed by atoms with Gasteiger partial charge in [0.15, 0.2) is 5.82 Å². The van der Waals surface area contributed by atoms with Gasteiger partial charge in [-0.3, -0.25) is 14.4 Å². The molecular formula is C38H47N5O4. The molecule has 0 bridgehead atoms. The lowest BCUT2D eigenvalue weighted by Gasteiger charge is -2.35. The first kappa shape index (κ1) is 33.8. The van der Waals surface area contributed by atoms with Gasteiger partial charge in [-0.05, 0) is 73.1 Å². The van der Waals surface area contributed by atoms with E-state index in [0.717, 1.165) is 53.0 Å². The Morgan fingerprint density at radius 2 is 1.60 bits per heavy atom. The summed E-state index contributed by atoms with van der Waals surface area (Å²) in [6.45, 7) is 1.63. The number of anilines is 1. The van der Waals surface area contributed by atoms with Crippen molar-refractivity contribution in [2.45, 2.75) is 71.3 Å². The molecule has 2 aromatic carbocycles. The number of carbonyl (C=O) groups excluding carboxylic acids is 2. The number of nitrogens with one attached hydrogen (secondary N) is 2. The van der Waals surface area contributed by atoms with Crippen LogP contribution in [0, 0.1) is 17.8 Å². The second-order valence-electron chi connectivity index (χ2n) is 13.0. The number of carboxylic acid groups (broad SMARTS) is 1. The maximum atomic E-state index is 12.8. The normalized spacial score (nSPS) is 19.3. The number of carboxylic acids is 1. The van der Waals surface area contributed by atoms with Crippen LogP contribution in [0.1, 0.15) is 75.8 Å². The summed E-state index contributed by atoms with van der Waals surface area (Å²) in [6.07, 6.45) is 18.0. The van der Waals surface area contributed by atoms with Gasteiger partial charge < -0.3 is 20.6 Å². The Labute approximate surface area is 277 Å². The summed E-state index contributed by atoms with van der Waals surface area (Å²) in [5.74, 6) is 1.28. The van der Waals surface area contributed by atoms with E-state index in [1.54, 1.807) is 0 Å². The van der Waals surface area contributed by atoms with Gasteiger partial charge in [0.05, 0.1) is 13.1 Å². The molecule has 248 valence electrons. The molecule has 2 amide bonds. The maximum Gasteiger partial charge on any atom is 0.323 e. The summed E-state index contributed by atoms with van der Waals surface area (Å²) in [4.78, 5) is 47.1. The van der Waals surface area contributed by atoms with Crippen LogP contribution in [-0.2, 0) is 20.9 Å². The van der Waals surface area contributed by atoms with Crippen molar-refractivity contribution >= 4 is 29.0 Å². The Balaban J connectivity index is 1.11. The Kier molecular flexibility index (Phi) is 12.1. The first-order valence-electron chi connectivity index (χ1n) is 17.0. The van der Waals surface area contributed by atoms with E-state index in [-0.39, 0.29) is 25.5 Å². The van der Waals surface area contributed by atoms with E-state index in [2.05, 4.69) is 33.6 Å². The van der Waals surface area contributed by atoms with E-state index in [9.17, 15) is 19.5 Å². The minimum Gasteiger partial charge on any atom is -0.480 e. The molecule has 9 heteroatoms. The molecule has 1 unspecified atom stereocenters. The third-order valence-corrected chi connectivity index (χ3v) is 9.66. The average Bonchev–Trinajstić information content (AvgIpc) is 3.10. The molecule has 1 aromatic heterocycles. The molecule has 1 saturated carbocycles. The van der Waals surface area contributed by atoms with E-state index >= 15 is 0 Å². The average molecular weight is 638 g/mol. The summed E-state index contributed by atoms with van der Waals surface area (Å²) in [5, 5.41) is 14.9. The van der Waals surface area contributed by atoms with Gasteiger partial charge in [0.1, 0.15) is 6.54 Å². The maximum absolute atomic E-state index is 12.8. The van der Waals surface area contributed by atoms with Crippen molar-refractivity contribution < 1.29 is 19.5 Å². The number of benzene rings is 2. The number of para-hydroxylation sites is 1. The molecule has 0 saturated heterocycles. The first-order valence-corrected chi connectivity index (χ1v) is 17.0. The summed E-state index contributed by atoms with van der Waals surface area (Å²) in [5.41, 5.74) is 4.82. The molecule has 3 aromatic rings. The van der Waals surface area contributed by atoms with Crippen LogP contribution in [0.15, 0.2) is 73.1 Å². The Morgan fingerprint density at radius 1 is 0.872 bits per heavy atom.